The third kappa shape index (κ3) is 5.27. The van der Waals surface area contributed by atoms with Crippen molar-refractivity contribution in [3.05, 3.63) is 29.8 Å². The number of thioether (sulfide) groups is 1. The Labute approximate surface area is 189 Å². The maximum absolute atomic E-state index is 13.4. The Balaban J connectivity index is 1.50. The summed E-state index contributed by atoms with van der Waals surface area (Å²) in [4.78, 5) is 15.5. The van der Waals surface area contributed by atoms with Crippen molar-refractivity contribution in [3.8, 4) is 0 Å². The van der Waals surface area contributed by atoms with Crippen molar-refractivity contribution in [1.29, 1.82) is 0 Å². The molecule has 172 valence electrons. The highest BCUT2D eigenvalue weighted by molar-refractivity contribution is 7.99. The molecule has 0 aliphatic carbocycles. The molecule has 3 aliphatic heterocycles. The molecule has 3 heterocycles. The molecule has 3 aliphatic rings. The van der Waals surface area contributed by atoms with Gasteiger partial charge >= 0.3 is 0 Å². The van der Waals surface area contributed by atoms with Gasteiger partial charge in [-0.3, -0.25) is 4.79 Å². The van der Waals surface area contributed by atoms with Crippen molar-refractivity contribution in [2.75, 3.05) is 37.7 Å². The molecular formula is C22H32N2O5S2. The summed E-state index contributed by atoms with van der Waals surface area (Å²) in [7, 11) is -3.62. The van der Waals surface area contributed by atoms with E-state index in [0.717, 1.165) is 37.4 Å². The van der Waals surface area contributed by atoms with Crippen LogP contribution >= 0.6 is 11.8 Å². The summed E-state index contributed by atoms with van der Waals surface area (Å²) in [5.41, 5.74) is 0.526. The Morgan fingerprint density at radius 1 is 1.16 bits per heavy atom. The second kappa shape index (κ2) is 9.79. The normalized spacial score (nSPS) is 29.9. The number of hydrogen-bond donors (Lipinski definition) is 0. The van der Waals surface area contributed by atoms with E-state index in [2.05, 4.69) is 0 Å². The van der Waals surface area contributed by atoms with Gasteiger partial charge in [0.25, 0.3) is 5.91 Å². The number of ether oxygens (including phenoxy) is 2. The second-order valence-corrected chi connectivity index (χ2v) is 11.8. The Morgan fingerprint density at radius 2 is 1.87 bits per heavy atom. The highest BCUT2D eigenvalue weighted by Crippen LogP contribution is 2.27. The number of morpholine rings is 1. The van der Waals surface area contributed by atoms with Crippen LogP contribution in [0.4, 0.5) is 0 Å². The van der Waals surface area contributed by atoms with Gasteiger partial charge < -0.3 is 14.4 Å². The Hall–Kier alpha value is -1.13. The first-order chi connectivity index (χ1) is 14.8. The summed E-state index contributed by atoms with van der Waals surface area (Å²) in [6.07, 6.45) is 2.82. The molecule has 4 atom stereocenters. The van der Waals surface area contributed by atoms with Gasteiger partial charge in [0.15, 0.2) is 0 Å². The molecule has 31 heavy (non-hydrogen) atoms. The van der Waals surface area contributed by atoms with Crippen LogP contribution < -0.4 is 0 Å². The minimum Gasteiger partial charge on any atom is -0.376 e. The molecular weight excluding hydrogens is 436 g/mol. The molecule has 0 spiro atoms. The van der Waals surface area contributed by atoms with Gasteiger partial charge in [0.2, 0.25) is 10.0 Å². The number of carbonyl (C=O) groups is 1. The molecule has 4 rings (SSSR count). The molecule has 4 unspecified atom stereocenters. The van der Waals surface area contributed by atoms with Crippen LogP contribution in [0.25, 0.3) is 0 Å². The van der Waals surface area contributed by atoms with Crippen LogP contribution in [0.15, 0.2) is 29.2 Å². The maximum Gasteiger partial charge on any atom is 0.254 e. The Morgan fingerprint density at radius 3 is 2.45 bits per heavy atom. The third-order valence-corrected chi connectivity index (χ3v) is 9.15. The first-order valence-corrected chi connectivity index (χ1v) is 13.7. The lowest BCUT2D eigenvalue weighted by Gasteiger charge is -2.34. The Bertz CT molecular complexity index is 854. The molecule has 7 nitrogen and oxygen atoms in total. The van der Waals surface area contributed by atoms with Crippen molar-refractivity contribution in [2.24, 2.45) is 0 Å². The lowest BCUT2D eigenvalue weighted by Crippen LogP contribution is -2.48. The lowest BCUT2D eigenvalue weighted by molar-refractivity contribution is -0.0440. The third-order valence-electron chi connectivity index (χ3n) is 6.16. The van der Waals surface area contributed by atoms with Crippen molar-refractivity contribution < 1.29 is 22.7 Å². The zero-order valence-corrected chi connectivity index (χ0v) is 19.9. The summed E-state index contributed by atoms with van der Waals surface area (Å²) in [5.74, 6) is 1.96. The lowest BCUT2D eigenvalue weighted by atomic mass is 10.1. The molecule has 1 aromatic carbocycles. The molecule has 3 fully saturated rings. The van der Waals surface area contributed by atoms with Crippen LogP contribution in [0, 0.1) is 0 Å². The molecule has 0 saturated carbocycles. The first kappa shape index (κ1) is 23.0. The van der Waals surface area contributed by atoms with Crippen molar-refractivity contribution in [1.82, 2.24) is 9.21 Å². The van der Waals surface area contributed by atoms with Crippen LogP contribution in [0.5, 0.6) is 0 Å². The van der Waals surface area contributed by atoms with E-state index in [-0.39, 0.29) is 35.2 Å². The number of rotatable bonds is 6. The predicted octanol–water partition coefficient (Wildman–Crippen LogP) is 2.61. The number of carbonyl (C=O) groups excluding carboxylic acids is 1. The van der Waals surface area contributed by atoms with Crippen molar-refractivity contribution in [2.45, 2.75) is 62.4 Å². The summed E-state index contributed by atoms with van der Waals surface area (Å²) < 4.78 is 39.1. The van der Waals surface area contributed by atoms with Gasteiger partial charge in [0, 0.05) is 43.6 Å². The fourth-order valence-corrected chi connectivity index (χ4v) is 7.40. The molecule has 1 amide bonds. The number of sulfonamides is 1. The minimum absolute atomic E-state index is 0.0411. The molecule has 0 aromatic heterocycles. The van der Waals surface area contributed by atoms with Crippen molar-refractivity contribution in [3.63, 3.8) is 0 Å². The number of benzene rings is 1. The van der Waals surface area contributed by atoms with E-state index in [0.29, 0.717) is 25.2 Å². The van der Waals surface area contributed by atoms with Gasteiger partial charge in [0.1, 0.15) is 0 Å². The zero-order chi connectivity index (χ0) is 22.0. The highest BCUT2D eigenvalue weighted by atomic mass is 32.2. The van der Waals surface area contributed by atoms with Gasteiger partial charge in [-0.25, -0.2) is 8.42 Å². The topological polar surface area (TPSA) is 76.2 Å². The summed E-state index contributed by atoms with van der Waals surface area (Å²) in [6, 6.07) is 6.61. The summed E-state index contributed by atoms with van der Waals surface area (Å²) >= 11 is 1.87. The number of amides is 1. The van der Waals surface area contributed by atoms with Crippen LogP contribution in [-0.2, 0) is 19.5 Å². The van der Waals surface area contributed by atoms with Crippen LogP contribution in [0.3, 0.4) is 0 Å². The molecule has 0 radical (unpaired) electrons. The van der Waals surface area contributed by atoms with E-state index < -0.39 is 10.0 Å². The van der Waals surface area contributed by atoms with Gasteiger partial charge in [-0.2, -0.15) is 16.1 Å². The second-order valence-electron chi connectivity index (χ2n) is 8.71. The van der Waals surface area contributed by atoms with E-state index >= 15 is 0 Å². The van der Waals surface area contributed by atoms with Gasteiger partial charge in [-0.15, -0.1) is 0 Å². The largest absolute Gasteiger partial charge is 0.376 e. The maximum atomic E-state index is 13.4. The van der Waals surface area contributed by atoms with E-state index in [9.17, 15) is 13.2 Å². The van der Waals surface area contributed by atoms with Gasteiger partial charge in [-0.05, 0) is 63.1 Å². The van der Waals surface area contributed by atoms with Crippen LogP contribution in [0.1, 0.15) is 43.5 Å². The molecule has 1 aromatic rings. The average Bonchev–Trinajstić information content (AvgIpc) is 3.45. The van der Waals surface area contributed by atoms with E-state index in [1.165, 1.54) is 4.31 Å². The summed E-state index contributed by atoms with van der Waals surface area (Å²) in [6.45, 7) is 5.79. The first-order valence-electron chi connectivity index (χ1n) is 11.1. The van der Waals surface area contributed by atoms with Crippen LogP contribution in [-0.4, -0.2) is 85.6 Å². The summed E-state index contributed by atoms with van der Waals surface area (Å²) in [5, 5.41) is 0. The predicted molar refractivity (Wildman–Crippen MR) is 121 cm³/mol. The fraction of sp³-hybridized carbons (Fsp3) is 0.682. The molecule has 3 saturated heterocycles. The molecule has 9 heteroatoms. The Kier molecular flexibility index (Phi) is 7.27. The van der Waals surface area contributed by atoms with E-state index in [1.54, 1.807) is 24.3 Å². The SMILES string of the molecule is CC1CN(S(=O)(=O)c2ccc(C(=O)N(CC3CCCO3)C3CCSC3)cc2)CC(C)O1. The van der Waals surface area contributed by atoms with E-state index in [4.69, 9.17) is 9.47 Å². The average molecular weight is 469 g/mol. The van der Waals surface area contributed by atoms with Crippen LogP contribution in [0.2, 0.25) is 0 Å². The highest BCUT2D eigenvalue weighted by Gasteiger charge is 2.34. The molecule has 0 bridgehead atoms. The van der Waals surface area contributed by atoms with E-state index in [1.807, 2.05) is 30.5 Å². The quantitative estimate of drug-likeness (QED) is 0.639. The van der Waals surface area contributed by atoms with Gasteiger partial charge in [0.05, 0.1) is 23.2 Å². The standard InChI is InChI=1S/C22H32N2O5S2/c1-16-12-23(13-17(2)29-16)31(26,27)21-7-5-18(6-8-21)22(25)24(19-9-11-30-15-19)14-20-4-3-10-28-20/h5-8,16-17,19-20H,3-4,9-15H2,1-2H3. The zero-order valence-electron chi connectivity index (χ0n) is 18.2. The smallest absolute Gasteiger partial charge is 0.254 e. The minimum atomic E-state index is -3.62. The number of nitrogens with zero attached hydrogens (tertiary/aromatic N) is 2. The van der Waals surface area contributed by atoms with Gasteiger partial charge in [-0.1, -0.05) is 0 Å². The molecule has 0 N–H and O–H groups in total. The van der Waals surface area contributed by atoms with Crippen molar-refractivity contribution >= 4 is 27.7 Å². The number of hydrogen-bond acceptors (Lipinski definition) is 6. The fourth-order valence-electron chi connectivity index (χ4n) is 4.58. The monoisotopic (exact) mass is 468 g/mol.